The van der Waals surface area contributed by atoms with E-state index in [1.165, 1.54) is 16.7 Å². The molecule has 1 aromatic heterocycles. The smallest absolute Gasteiger partial charge is 0.255 e. The van der Waals surface area contributed by atoms with E-state index < -0.39 is 0 Å². The number of benzene rings is 2. The maximum absolute atomic E-state index is 12.6. The van der Waals surface area contributed by atoms with Crippen LogP contribution in [0.25, 0.3) is 0 Å². The van der Waals surface area contributed by atoms with Crippen LogP contribution < -0.4 is 5.32 Å². The van der Waals surface area contributed by atoms with Gasteiger partial charge in [-0.25, -0.2) is 0 Å². The lowest BCUT2D eigenvalue weighted by molar-refractivity contribution is 0.0955. The predicted octanol–water partition coefficient (Wildman–Crippen LogP) is 4.52. The molecule has 3 rings (SSSR count). The van der Waals surface area contributed by atoms with E-state index >= 15 is 0 Å². The Labute approximate surface area is 171 Å². The van der Waals surface area contributed by atoms with Crippen LogP contribution in [-0.4, -0.2) is 28.0 Å². The zero-order valence-corrected chi connectivity index (χ0v) is 17.6. The third-order valence-corrected chi connectivity index (χ3v) is 5.74. The largest absolute Gasteiger partial charge is 0.351 e. The molecule has 0 aliphatic rings. The van der Waals surface area contributed by atoms with Gasteiger partial charge in [0.2, 0.25) is 0 Å². The molecule has 28 heavy (non-hydrogen) atoms. The Morgan fingerprint density at radius 3 is 2.43 bits per heavy atom. The number of amides is 1. The SMILES string of the molecule is Cc1ccc(CSCCNC(=O)c2c(C)nn(Cc3ccccc3)c2C)cc1. The molecule has 0 saturated heterocycles. The van der Waals surface area contributed by atoms with Gasteiger partial charge < -0.3 is 5.32 Å². The van der Waals surface area contributed by atoms with Crippen LogP contribution in [0.3, 0.4) is 0 Å². The Morgan fingerprint density at radius 2 is 1.71 bits per heavy atom. The second-order valence-electron chi connectivity index (χ2n) is 6.98. The molecule has 5 heteroatoms. The third kappa shape index (κ3) is 5.26. The number of hydrogen-bond donors (Lipinski definition) is 1. The van der Waals surface area contributed by atoms with Crippen molar-refractivity contribution in [1.29, 1.82) is 0 Å². The van der Waals surface area contributed by atoms with Crippen molar-refractivity contribution < 1.29 is 4.79 Å². The molecule has 0 fully saturated rings. The minimum atomic E-state index is -0.0368. The number of hydrogen-bond acceptors (Lipinski definition) is 3. The lowest BCUT2D eigenvalue weighted by Crippen LogP contribution is -2.26. The highest BCUT2D eigenvalue weighted by molar-refractivity contribution is 7.98. The van der Waals surface area contributed by atoms with E-state index in [1.54, 1.807) is 0 Å². The van der Waals surface area contributed by atoms with Gasteiger partial charge in [0.25, 0.3) is 5.91 Å². The minimum Gasteiger partial charge on any atom is -0.351 e. The highest BCUT2D eigenvalue weighted by Gasteiger charge is 2.18. The number of nitrogens with zero attached hydrogens (tertiary/aromatic N) is 2. The summed E-state index contributed by atoms with van der Waals surface area (Å²) >= 11 is 1.83. The van der Waals surface area contributed by atoms with Gasteiger partial charge in [-0.2, -0.15) is 16.9 Å². The second kappa shape index (κ2) is 9.60. The van der Waals surface area contributed by atoms with Crippen molar-refractivity contribution in [2.75, 3.05) is 12.3 Å². The second-order valence-corrected chi connectivity index (χ2v) is 8.09. The standard InChI is InChI=1S/C23H27N3OS/c1-17-9-11-21(12-10-17)16-28-14-13-24-23(27)22-18(2)25-26(19(22)3)15-20-7-5-4-6-8-20/h4-12H,13-16H2,1-3H3,(H,24,27). The first kappa shape index (κ1) is 20.2. The molecule has 0 radical (unpaired) electrons. The molecule has 146 valence electrons. The molecule has 0 atom stereocenters. The molecular weight excluding hydrogens is 366 g/mol. The Hall–Kier alpha value is -2.53. The predicted molar refractivity (Wildman–Crippen MR) is 117 cm³/mol. The Morgan fingerprint density at radius 1 is 1.00 bits per heavy atom. The summed E-state index contributed by atoms with van der Waals surface area (Å²) in [4.78, 5) is 12.6. The Balaban J connectivity index is 1.50. The summed E-state index contributed by atoms with van der Waals surface area (Å²) in [6, 6.07) is 18.8. The first-order valence-corrected chi connectivity index (χ1v) is 10.7. The molecule has 1 heterocycles. The number of rotatable bonds is 8. The summed E-state index contributed by atoms with van der Waals surface area (Å²) < 4.78 is 1.91. The number of thioether (sulfide) groups is 1. The molecule has 0 spiro atoms. The molecular formula is C23H27N3OS. The highest BCUT2D eigenvalue weighted by atomic mass is 32.2. The van der Waals surface area contributed by atoms with Crippen molar-refractivity contribution in [1.82, 2.24) is 15.1 Å². The van der Waals surface area contributed by atoms with Gasteiger partial charge in [0, 0.05) is 23.7 Å². The van der Waals surface area contributed by atoms with Crippen molar-refractivity contribution in [3.05, 3.63) is 88.2 Å². The van der Waals surface area contributed by atoms with Gasteiger partial charge in [0.1, 0.15) is 0 Å². The van der Waals surface area contributed by atoms with Gasteiger partial charge >= 0.3 is 0 Å². The summed E-state index contributed by atoms with van der Waals surface area (Å²) in [5, 5.41) is 7.61. The van der Waals surface area contributed by atoms with E-state index in [9.17, 15) is 4.79 Å². The van der Waals surface area contributed by atoms with Gasteiger partial charge in [-0.1, -0.05) is 60.2 Å². The van der Waals surface area contributed by atoms with E-state index in [2.05, 4.69) is 53.7 Å². The normalized spacial score (nSPS) is 10.8. The van der Waals surface area contributed by atoms with Crippen LogP contribution in [-0.2, 0) is 12.3 Å². The van der Waals surface area contributed by atoms with E-state index in [1.807, 2.05) is 48.5 Å². The Bertz CT molecular complexity index is 917. The van der Waals surface area contributed by atoms with Crippen LogP contribution in [0.1, 0.15) is 38.4 Å². The molecule has 3 aromatic rings. The van der Waals surface area contributed by atoms with Gasteiger partial charge in [0.05, 0.1) is 17.8 Å². The lowest BCUT2D eigenvalue weighted by Gasteiger charge is -2.07. The minimum absolute atomic E-state index is 0.0368. The zero-order valence-electron chi connectivity index (χ0n) is 16.7. The highest BCUT2D eigenvalue weighted by Crippen LogP contribution is 2.16. The van der Waals surface area contributed by atoms with Crippen LogP contribution in [0.2, 0.25) is 0 Å². The van der Waals surface area contributed by atoms with Gasteiger partial charge in [-0.3, -0.25) is 9.48 Å². The third-order valence-electron chi connectivity index (χ3n) is 4.71. The first-order valence-electron chi connectivity index (χ1n) is 9.54. The average Bonchev–Trinajstić information content (AvgIpc) is 2.97. The summed E-state index contributed by atoms with van der Waals surface area (Å²) in [7, 11) is 0. The quantitative estimate of drug-likeness (QED) is 0.573. The van der Waals surface area contributed by atoms with E-state index in [0.717, 1.165) is 22.9 Å². The average molecular weight is 394 g/mol. The number of carbonyl (C=O) groups is 1. The Kier molecular flexibility index (Phi) is 6.93. The van der Waals surface area contributed by atoms with Crippen LogP contribution in [0.15, 0.2) is 54.6 Å². The molecule has 0 unspecified atom stereocenters. The molecule has 2 aromatic carbocycles. The maximum atomic E-state index is 12.6. The van der Waals surface area contributed by atoms with Crippen LogP contribution in [0, 0.1) is 20.8 Å². The molecule has 0 bridgehead atoms. The monoisotopic (exact) mass is 393 g/mol. The zero-order chi connectivity index (χ0) is 19.9. The summed E-state index contributed by atoms with van der Waals surface area (Å²) in [6.07, 6.45) is 0. The first-order chi connectivity index (χ1) is 13.5. The number of aromatic nitrogens is 2. The topological polar surface area (TPSA) is 46.9 Å². The molecule has 1 amide bonds. The maximum Gasteiger partial charge on any atom is 0.255 e. The molecule has 4 nitrogen and oxygen atoms in total. The van der Waals surface area contributed by atoms with Crippen LogP contribution in [0.4, 0.5) is 0 Å². The van der Waals surface area contributed by atoms with Crippen molar-refractivity contribution >= 4 is 17.7 Å². The van der Waals surface area contributed by atoms with Gasteiger partial charge in [-0.15, -0.1) is 0 Å². The van der Waals surface area contributed by atoms with E-state index in [-0.39, 0.29) is 5.91 Å². The van der Waals surface area contributed by atoms with Crippen LogP contribution in [0.5, 0.6) is 0 Å². The molecule has 0 aliphatic heterocycles. The van der Waals surface area contributed by atoms with Gasteiger partial charge in [-0.05, 0) is 31.9 Å². The van der Waals surface area contributed by atoms with E-state index in [4.69, 9.17) is 0 Å². The van der Waals surface area contributed by atoms with Crippen molar-refractivity contribution in [2.24, 2.45) is 0 Å². The van der Waals surface area contributed by atoms with E-state index in [0.29, 0.717) is 18.7 Å². The van der Waals surface area contributed by atoms with Crippen molar-refractivity contribution in [3.63, 3.8) is 0 Å². The van der Waals surface area contributed by atoms with Crippen molar-refractivity contribution in [3.8, 4) is 0 Å². The summed E-state index contributed by atoms with van der Waals surface area (Å²) in [5.74, 6) is 1.81. The summed E-state index contributed by atoms with van der Waals surface area (Å²) in [5.41, 5.74) is 6.15. The number of aryl methyl sites for hydroxylation is 2. The fourth-order valence-corrected chi connectivity index (χ4v) is 3.95. The van der Waals surface area contributed by atoms with Crippen molar-refractivity contribution in [2.45, 2.75) is 33.1 Å². The lowest BCUT2D eigenvalue weighted by atomic mass is 10.2. The number of nitrogens with one attached hydrogen (secondary N) is 1. The molecule has 0 aliphatic carbocycles. The molecule has 1 N–H and O–H groups in total. The summed E-state index contributed by atoms with van der Waals surface area (Å²) in [6.45, 7) is 7.28. The fourth-order valence-electron chi connectivity index (χ4n) is 3.14. The van der Waals surface area contributed by atoms with Gasteiger partial charge in [0.15, 0.2) is 0 Å². The number of carbonyl (C=O) groups excluding carboxylic acids is 1. The van der Waals surface area contributed by atoms with Crippen LogP contribution >= 0.6 is 11.8 Å². The molecule has 0 saturated carbocycles. The fraction of sp³-hybridized carbons (Fsp3) is 0.304.